The lowest BCUT2D eigenvalue weighted by Gasteiger charge is -2.56. The molecule has 0 radical (unpaired) electrons. The summed E-state index contributed by atoms with van der Waals surface area (Å²) in [6, 6.07) is 4.51. The minimum absolute atomic E-state index is 0.152. The summed E-state index contributed by atoms with van der Waals surface area (Å²) in [6.07, 6.45) is 11.2. The van der Waals surface area contributed by atoms with E-state index < -0.39 is 5.60 Å². The molecule has 1 fully saturated rings. The van der Waals surface area contributed by atoms with Gasteiger partial charge in [0.1, 0.15) is 5.75 Å². The number of hydrogen-bond donors (Lipinski definition) is 2. The number of phenolic OH excluding ortho intramolecular Hbond substituents is 1. The van der Waals surface area contributed by atoms with Gasteiger partial charge in [0, 0.05) is 0 Å². The molecular weight excluding hydrogens is 392 g/mol. The third-order valence-electron chi connectivity index (χ3n) is 9.83. The molecule has 178 valence electrons. The first-order chi connectivity index (χ1) is 14.9. The molecule has 3 unspecified atom stereocenters. The van der Waals surface area contributed by atoms with Crippen molar-refractivity contribution in [2.75, 3.05) is 0 Å². The van der Waals surface area contributed by atoms with E-state index in [1.54, 1.807) is 0 Å². The topological polar surface area (TPSA) is 40.5 Å². The summed E-state index contributed by atoms with van der Waals surface area (Å²) in [5.74, 6) is 2.26. The van der Waals surface area contributed by atoms with Crippen molar-refractivity contribution in [3.05, 3.63) is 40.5 Å². The molecule has 0 spiro atoms. The van der Waals surface area contributed by atoms with Crippen molar-refractivity contribution in [2.24, 2.45) is 17.3 Å². The lowest BCUT2D eigenvalue weighted by atomic mass is 9.48. The molecule has 0 aromatic heterocycles. The van der Waals surface area contributed by atoms with E-state index in [0.29, 0.717) is 34.8 Å². The summed E-state index contributed by atoms with van der Waals surface area (Å²) in [7, 11) is 0. The quantitative estimate of drug-likeness (QED) is 0.468. The molecule has 2 heteroatoms. The predicted molar refractivity (Wildman–Crippen MR) is 134 cm³/mol. The number of fused-ring (bicyclic) bond motifs is 3. The van der Waals surface area contributed by atoms with Crippen molar-refractivity contribution < 1.29 is 10.2 Å². The highest BCUT2D eigenvalue weighted by molar-refractivity contribution is 5.50. The van der Waals surface area contributed by atoms with Crippen molar-refractivity contribution in [3.63, 3.8) is 0 Å². The molecule has 4 atom stereocenters. The predicted octanol–water partition coefficient (Wildman–Crippen LogP) is 7.97. The van der Waals surface area contributed by atoms with Gasteiger partial charge in [0.05, 0.1) is 5.60 Å². The van der Waals surface area contributed by atoms with Crippen LogP contribution in [0.25, 0.3) is 0 Å². The molecule has 0 aliphatic heterocycles. The first kappa shape index (κ1) is 23.9. The van der Waals surface area contributed by atoms with Gasteiger partial charge in [-0.25, -0.2) is 0 Å². The standard InChI is InChI=1S/C30H46O2/c1-19(2)23-17-24-22(15-21-9-13-30(32,14-10-21)20(3)4)16-27-28(5,6)11-8-12-29(27,7)25(24)18-26(23)31/h9,17-20,22,27,31-32H,8,10-16H2,1-7H3/t22?,27?,29-,30?/m1/s1. The van der Waals surface area contributed by atoms with E-state index >= 15 is 0 Å². The summed E-state index contributed by atoms with van der Waals surface area (Å²) >= 11 is 0. The van der Waals surface area contributed by atoms with Gasteiger partial charge in [-0.3, -0.25) is 0 Å². The number of allylic oxidation sites excluding steroid dienone is 1. The van der Waals surface area contributed by atoms with Gasteiger partial charge < -0.3 is 10.2 Å². The van der Waals surface area contributed by atoms with Crippen LogP contribution in [0.4, 0.5) is 0 Å². The third kappa shape index (κ3) is 3.95. The maximum Gasteiger partial charge on any atom is 0.119 e. The van der Waals surface area contributed by atoms with Gasteiger partial charge in [-0.1, -0.05) is 72.6 Å². The van der Waals surface area contributed by atoms with Gasteiger partial charge >= 0.3 is 0 Å². The van der Waals surface area contributed by atoms with Crippen LogP contribution >= 0.6 is 0 Å². The third-order valence-corrected chi connectivity index (χ3v) is 9.83. The fraction of sp³-hybridized carbons (Fsp3) is 0.733. The fourth-order valence-electron chi connectivity index (χ4n) is 7.47. The molecule has 1 saturated carbocycles. The van der Waals surface area contributed by atoms with Crippen LogP contribution in [0.3, 0.4) is 0 Å². The number of aromatic hydroxyl groups is 1. The second kappa shape index (κ2) is 8.19. The highest BCUT2D eigenvalue weighted by Gasteiger charge is 2.52. The average molecular weight is 439 g/mol. The Morgan fingerprint density at radius 2 is 1.75 bits per heavy atom. The summed E-state index contributed by atoms with van der Waals surface area (Å²) in [6.45, 7) is 16.1. The molecule has 2 nitrogen and oxygen atoms in total. The Labute approximate surface area is 196 Å². The number of rotatable bonds is 4. The Bertz CT molecular complexity index is 892. The molecule has 32 heavy (non-hydrogen) atoms. The van der Waals surface area contributed by atoms with E-state index in [0.717, 1.165) is 31.2 Å². The van der Waals surface area contributed by atoms with Crippen molar-refractivity contribution in [1.82, 2.24) is 0 Å². The number of benzene rings is 1. The van der Waals surface area contributed by atoms with E-state index in [4.69, 9.17) is 0 Å². The zero-order chi connectivity index (χ0) is 23.5. The number of phenols is 1. The fourth-order valence-corrected chi connectivity index (χ4v) is 7.47. The zero-order valence-corrected chi connectivity index (χ0v) is 21.6. The molecule has 0 saturated heterocycles. The van der Waals surface area contributed by atoms with Gasteiger partial charge in [-0.15, -0.1) is 0 Å². The van der Waals surface area contributed by atoms with Crippen LogP contribution in [-0.4, -0.2) is 15.8 Å². The van der Waals surface area contributed by atoms with Gasteiger partial charge in [0.2, 0.25) is 0 Å². The summed E-state index contributed by atoms with van der Waals surface area (Å²) in [5.41, 5.74) is 5.49. The molecule has 3 aliphatic carbocycles. The van der Waals surface area contributed by atoms with Gasteiger partial charge in [-0.05, 0) is 102 Å². The van der Waals surface area contributed by atoms with Crippen LogP contribution in [0.15, 0.2) is 23.8 Å². The van der Waals surface area contributed by atoms with E-state index in [1.165, 1.54) is 42.4 Å². The average Bonchev–Trinajstić information content (AvgIpc) is 2.70. The van der Waals surface area contributed by atoms with Crippen LogP contribution in [0.2, 0.25) is 0 Å². The minimum atomic E-state index is -0.533. The highest BCUT2D eigenvalue weighted by atomic mass is 16.3. The van der Waals surface area contributed by atoms with Crippen LogP contribution in [0, 0.1) is 17.3 Å². The summed E-state index contributed by atoms with van der Waals surface area (Å²) in [4.78, 5) is 0. The van der Waals surface area contributed by atoms with E-state index in [1.807, 2.05) is 0 Å². The Balaban J connectivity index is 1.74. The van der Waals surface area contributed by atoms with E-state index in [9.17, 15) is 10.2 Å². The first-order valence-electron chi connectivity index (χ1n) is 13.1. The Kier molecular flexibility index (Phi) is 6.11. The lowest BCUT2D eigenvalue weighted by molar-refractivity contribution is -0.0147. The van der Waals surface area contributed by atoms with Crippen LogP contribution in [0.5, 0.6) is 5.75 Å². The van der Waals surface area contributed by atoms with Crippen LogP contribution < -0.4 is 0 Å². The van der Waals surface area contributed by atoms with Crippen LogP contribution in [0.1, 0.15) is 128 Å². The molecule has 0 bridgehead atoms. The Morgan fingerprint density at radius 3 is 2.34 bits per heavy atom. The lowest BCUT2D eigenvalue weighted by Crippen LogP contribution is -2.48. The van der Waals surface area contributed by atoms with Gasteiger partial charge in [-0.2, -0.15) is 0 Å². The smallest absolute Gasteiger partial charge is 0.119 e. The number of aliphatic hydroxyl groups is 1. The van der Waals surface area contributed by atoms with E-state index in [-0.39, 0.29) is 5.41 Å². The molecule has 3 aliphatic rings. The van der Waals surface area contributed by atoms with E-state index in [2.05, 4.69) is 66.7 Å². The SMILES string of the molecule is CC(C)c1cc2c(cc1O)[C@@]1(C)CCCC(C)(C)C1CC2CC1=CCC(O)(C(C)C)CC1. The maximum atomic E-state index is 10.9. The Morgan fingerprint density at radius 1 is 1.03 bits per heavy atom. The second-order valence-corrected chi connectivity index (χ2v) is 12.9. The first-order valence-corrected chi connectivity index (χ1v) is 13.1. The van der Waals surface area contributed by atoms with Gasteiger partial charge in [0.25, 0.3) is 0 Å². The largest absolute Gasteiger partial charge is 0.508 e. The highest BCUT2D eigenvalue weighted by Crippen LogP contribution is 2.61. The van der Waals surface area contributed by atoms with Gasteiger partial charge in [0.15, 0.2) is 0 Å². The second-order valence-electron chi connectivity index (χ2n) is 12.9. The minimum Gasteiger partial charge on any atom is -0.508 e. The molecule has 0 amide bonds. The zero-order valence-electron chi connectivity index (χ0n) is 21.6. The maximum absolute atomic E-state index is 10.9. The number of hydrogen-bond acceptors (Lipinski definition) is 2. The molecule has 0 heterocycles. The van der Waals surface area contributed by atoms with Crippen molar-refractivity contribution >= 4 is 0 Å². The summed E-state index contributed by atoms with van der Waals surface area (Å²) < 4.78 is 0. The summed E-state index contributed by atoms with van der Waals surface area (Å²) in [5, 5.41) is 21.9. The molecule has 1 aromatic carbocycles. The van der Waals surface area contributed by atoms with Crippen LogP contribution in [-0.2, 0) is 5.41 Å². The molecular formula is C30H46O2. The normalized spacial score (nSPS) is 34.2. The molecule has 2 N–H and O–H groups in total. The Hall–Kier alpha value is -1.28. The molecule has 1 aromatic rings. The monoisotopic (exact) mass is 438 g/mol. The molecule has 4 rings (SSSR count). The van der Waals surface area contributed by atoms with Crippen molar-refractivity contribution in [3.8, 4) is 5.75 Å². The van der Waals surface area contributed by atoms with Crippen molar-refractivity contribution in [1.29, 1.82) is 0 Å². The van der Waals surface area contributed by atoms with Crippen molar-refractivity contribution in [2.45, 2.75) is 123 Å².